The Morgan fingerprint density at radius 2 is 2.13 bits per heavy atom. The van der Waals surface area contributed by atoms with Crippen molar-refractivity contribution < 1.29 is 23.0 Å². The molecule has 3 rings (SSSR count). The molecule has 0 bridgehead atoms. The summed E-state index contributed by atoms with van der Waals surface area (Å²) in [5.74, 6) is 0. The van der Waals surface area contributed by atoms with Crippen LogP contribution in [0.2, 0.25) is 5.02 Å². The Hall–Kier alpha value is -2.41. The quantitative estimate of drug-likeness (QED) is 0.499. The Balaban J connectivity index is 1.61. The normalized spacial score (nSPS) is 21.2. The van der Waals surface area contributed by atoms with E-state index in [1.165, 1.54) is 23.8 Å². The van der Waals surface area contributed by atoms with Crippen molar-refractivity contribution in [3.8, 4) is 0 Å². The van der Waals surface area contributed by atoms with Crippen molar-refractivity contribution in [3.63, 3.8) is 0 Å². The summed E-state index contributed by atoms with van der Waals surface area (Å²) in [6.45, 7) is 1.56. The molecule has 3 atom stereocenters. The minimum absolute atomic E-state index is 0.00625. The first kappa shape index (κ1) is 23.3. The maximum atomic E-state index is 13.0. The third-order valence-electron chi connectivity index (χ3n) is 4.65. The van der Waals surface area contributed by atoms with Crippen molar-refractivity contribution in [2.75, 3.05) is 11.9 Å². The average Bonchev–Trinajstić information content (AvgIpc) is 3.04. The van der Waals surface area contributed by atoms with Gasteiger partial charge in [-0.1, -0.05) is 11.6 Å². The van der Waals surface area contributed by atoms with E-state index in [1.54, 1.807) is 0 Å². The predicted molar refractivity (Wildman–Crippen MR) is 111 cm³/mol. The van der Waals surface area contributed by atoms with Crippen LogP contribution in [-0.2, 0) is 10.9 Å². The van der Waals surface area contributed by atoms with Crippen LogP contribution >= 0.6 is 23.8 Å². The molecule has 1 aromatic carbocycles. The number of hydrogen-bond donors (Lipinski definition) is 4. The Morgan fingerprint density at radius 1 is 1.42 bits per heavy atom. The highest BCUT2D eigenvalue weighted by atomic mass is 35.5. The van der Waals surface area contributed by atoms with Crippen LogP contribution in [0.5, 0.6) is 0 Å². The van der Waals surface area contributed by atoms with E-state index in [2.05, 4.69) is 15.6 Å². The topological polar surface area (TPSA) is 108 Å². The number of aliphatic hydroxyl groups is 1. The predicted octanol–water partition coefficient (Wildman–Crippen LogP) is 2.15. The maximum absolute atomic E-state index is 13.0. The van der Waals surface area contributed by atoms with Gasteiger partial charge in [-0.05, 0) is 37.3 Å². The van der Waals surface area contributed by atoms with Gasteiger partial charge in [0.05, 0.1) is 16.7 Å². The second-order valence-electron chi connectivity index (χ2n) is 6.94. The number of aliphatic hydroxyl groups excluding tert-OH is 1. The van der Waals surface area contributed by atoms with E-state index in [9.17, 15) is 27.9 Å². The van der Waals surface area contributed by atoms with Gasteiger partial charge in [-0.25, -0.2) is 4.79 Å². The van der Waals surface area contributed by atoms with Crippen molar-refractivity contribution >= 4 is 34.6 Å². The lowest BCUT2D eigenvalue weighted by molar-refractivity contribution is -0.137. The Bertz CT molecular complexity index is 1100. The minimum atomic E-state index is -4.61. The van der Waals surface area contributed by atoms with Crippen molar-refractivity contribution in [2.45, 2.75) is 38.0 Å². The van der Waals surface area contributed by atoms with Crippen molar-refractivity contribution in [2.24, 2.45) is 0 Å². The number of thiocarbonyl (C=S) groups is 1. The summed E-state index contributed by atoms with van der Waals surface area (Å²) >= 11 is 10.7. The number of anilines is 1. The summed E-state index contributed by atoms with van der Waals surface area (Å²) < 4.78 is 45.8. The number of aromatic amines is 1. The number of halogens is 4. The molecule has 2 aromatic rings. The average molecular weight is 479 g/mol. The summed E-state index contributed by atoms with van der Waals surface area (Å²) in [7, 11) is 0. The molecule has 168 valence electrons. The molecule has 1 fully saturated rings. The van der Waals surface area contributed by atoms with Crippen molar-refractivity contribution in [1.82, 2.24) is 14.9 Å². The Labute approximate surface area is 184 Å². The third-order valence-corrected chi connectivity index (χ3v) is 5.23. The number of benzene rings is 1. The van der Waals surface area contributed by atoms with E-state index in [1.807, 2.05) is 0 Å². The van der Waals surface area contributed by atoms with E-state index in [0.717, 1.165) is 12.1 Å². The Kier molecular flexibility index (Phi) is 6.74. The van der Waals surface area contributed by atoms with Crippen molar-refractivity contribution in [3.05, 3.63) is 61.4 Å². The molecule has 2 heterocycles. The fourth-order valence-corrected chi connectivity index (χ4v) is 3.48. The summed E-state index contributed by atoms with van der Waals surface area (Å²) in [4.78, 5) is 25.7. The monoisotopic (exact) mass is 478 g/mol. The van der Waals surface area contributed by atoms with Gasteiger partial charge in [0.15, 0.2) is 5.11 Å². The third kappa shape index (κ3) is 5.45. The number of rotatable bonds is 4. The van der Waals surface area contributed by atoms with Crippen LogP contribution in [0.3, 0.4) is 0 Å². The number of nitrogens with zero attached hydrogens (tertiary/aromatic N) is 1. The zero-order valence-corrected chi connectivity index (χ0v) is 17.6. The van der Waals surface area contributed by atoms with Gasteiger partial charge in [0, 0.05) is 30.4 Å². The van der Waals surface area contributed by atoms with Crippen LogP contribution in [0.4, 0.5) is 18.9 Å². The second-order valence-corrected chi connectivity index (χ2v) is 7.75. The largest absolute Gasteiger partial charge is 0.417 e. The van der Waals surface area contributed by atoms with Crippen LogP contribution in [0.15, 0.2) is 34.0 Å². The number of hydrogen-bond acceptors (Lipinski definition) is 5. The van der Waals surface area contributed by atoms with Gasteiger partial charge in [0.2, 0.25) is 0 Å². The molecular formula is C18H18ClF3N4O4S. The molecule has 1 saturated heterocycles. The molecule has 13 heteroatoms. The summed E-state index contributed by atoms with van der Waals surface area (Å²) in [5.41, 5.74) is -1.78. The number of aryl methyl sites for hydroxylation is 1. The SMILES string of the molecule is Cc1cn([C@H]2C[C@H](O)[C@@H](CNC(=S)Nc3ccc(Cl)c(C(F)(F)F)c3)O2)c(=O)[nH]c1=O. The first-order valence-corrected chi connectivity index (χ1v) is 9.81. The van der Waals surface area contributed by atoms with Crippen LogP contribution in [0, 0.1) is 6.92 Å². The number of nitrogens with one attached hydrogen (secondary N) is 3. The van der Waals surface area contributed by atoms with Crippen LogP contribution < -0.4 is 21.9 Å². The van der Waals surface area contributed by atoms with Gasteiger partial charge >= 0.3 is 11.9 Å². The highest BCUT2D eigenvalue weighted by molar-refractivity contribution is 7.80. The molecule has 0 radical (unpaired) electrons. The number of H-pyrrole nitrogens is 1. The summed E-state index contributed by atoms with van der Waals surface area (Å²) in [6, 6.07) is 3.28. The standard InChI is InChI=1S/C18H18ClF3N4O4S/c1-8-7-26(17(29)25-15(8)28)14-5-12(27)13(30-14)6-23-16(31)24-9-2-3-11(19)10(4-9)18(20,21)22/h2-4,7,12-14,27H,5-6H2,1H3,(H2,23,24,31)(H,25,28,29)/t12-,13+,14+/m0/s1. The van der Waals surface area contributed by atoms with Gasteiger partial charge in [-0.3, -0.25) is 14.3 Å². The Morgan fingerprint density at radius 3 is 2.81 bits per heavy atom. The summed E-state index contributed by atoms with van der Waals surface area (Å²) in [5, 5.41) is 15.2. The number of ether oxygens (including phenoxy) is 1. The molecule has 1 aliphatic heterocycles. The molecule has 0 aliphatic carbocycles. The zero-order chi connectivity index (χ0) is 22.9. The van der Waals surface area contributed by atoms with E-state index in [4.69, 9.17) is 28.6 Å². The fraction of sp³-hybridized carbons (Fsp3) is 0.389. The highest BCUT2D eigenvalue weighted by Crippen LogP contribution is 2.36. The molecule has 31 heavy (non-hydrogen) atoms. The van der Waals surface area contributed by atoms with Gasteiger partial charge < -0.3 is 20.5 Å². The van der Waals surface area contributed by atoms with Gasteiger partial charge in [-0.2, -0.15) is 13.2 Å². The molecular weight excluding hydrogens is 461 g/mol. The number of aromatic nitrogens is 2. The van der Waals surface area contributed by atoms with Crippen LogP contribution in [-0.4, -0.2) is 38.5 Å². The second kappa shape index (κ2) is 8.99. The highest BCUT2D eigenvalue weighted by Gasteiger charge is 2.36. The van der Waals surface area contributed by atoms with E-state index in [-0.39, 0.29) is 23.8 Å². The molecule has 4 N–H and O–H groups in total. The fourth-order valence-electron chi connectivity index (χ4n) is 3.06. The van der Waals surface area contributed by atoms with E-state index >= 15 is 0 Å². The maximum Gasteiger partial charge on any atom is 0.417 e. The first-order valence-electron chi connectivity index (χ1n) is 9.03. The van der Waals surface area contributed by atoms with E-state index < -0.39 is 46.4 Å². The smallest absolute Gasteiger partial charge is 0.390 e. The molecule has 8 nitrogen and oxygen atoms in total. The van der Waals surface area contributed by atoms with Crippen molar-refractivity contribution in [1.29, 1.82) is 0 Å². The summed E-state index contributed by atoms with van der Waals surface area (Å²) in [6.07, 6.45) is -5.65. The van der Waals surface area contributed by atoms with Crippen LogP contribution in [0.25, 0.3) is 0 Å². The zero-order valence-electron chi connectivity index (χ0n) is 16.0. The first-order chi connectivity index (χ1) is 14.5. The minimum Gasteiger partial charge on any atom is -0.390 e. The van der Waals surface area contributed by atoms with Gasteiger partial charge in [0.1, 0.15) is 12.3 Å². The lowest BCUT2D eigenvalue weighted by Crippen LogP contribution is -2.39. The van der Waals surface area contributed by atoms with Crippen LogP contribution in [0.1, 0.15) is 23.8 Å². The van der Waals surface area contributed by atoms with E-state index in [0.29, 0.717) is 5.56 Å². The lowest BCUT2D eigenvalue weighted by atomic mass is 10.2. The van der Waals surface area contributed by atoms with Gasteiger partial charge in [0.25, 0.3) is 5.56 Å². The molecule has 0 amide bonds. The number of alkyl halides is 3. The van der Waals surface area contributed by atoms with Gasteiger partial charge in [-0.15, -0.1) is 0 Å². The molecule has 0 saturated carbocycles. The molecule has 1 aromatic heterocycles. The lowest BCUT2D eigenvalue weighted by Gasteiger charge is -2.18. The molecule has 0 unspecified atom stereocenters. The molecule has 1 aliphatic rings. The molecule has 0 spiro atoms.